The minimum Gasteiger partial charge on any atom is -0.354 e. The quantitative estimate of drug-likeness (QED) is 0.820. The van der Waals surface area contributed by atoms with Gasteiger partial charge in [-0.1, -0.05) is 19.4 Å². The predicted octanol–water partition coefficient (Wildman–Crippen LogP) is 3.29. The molecule has 1 atom stereocenters. The lowest BCUT2D eigenvalue weighted by Gasteiger charge is -2.34. The Kier molecular flexibility index (Phi) is 6.12. The highest BCUT2D eigenvalue weighted by Gasteiger charge is 2.26. The zero-order valence-electron chi connectivity index (χ0n) is 16.9. The summed E-state index contributed by atoms with van der Waals surface area (Å²) in [6.45, 7) is 5.97. The number of aromatic nitrogens is 1. The van der Waals surface area contributed by atoms with Crippen LogP contribution in [-0.2, 0) is 17.6 Å². The first-order valence-electron chi connectivity index (χ1n) is 10.4. The number of nitrogens with one attached hydrogen (secondary N) is 1. The van der Waals surface area contributed by atoms with Crippen molar-refractivity contribution in [2.75, 3.05) is 42.9 Å². The Morgan fingerprint density at radius 3 is 2.86 bits per heavy atom. The minimum absolute atomic E-state index is 0.0292. The van der Waals surface area contributed by atoms with Crippen LogP contribution in [0.25, 0.3) is 0 Å². The van der Waals surface area contributed by atoms with Crippen molar-refractivity contribution in [2.45, 2.75) is 32.6 Å². The molecule has 1 fully saturated rings. The van der Waals surface area contributed by atoms with Crippen molar-refractivity contribution in [3.63, 3.8) is 0 Å². The summed E-state index contributed by atoms with van der Waals surface area (Å²) in [5.41, 5.74) is 1.86. The Morgan fingerprint density at radius 1 is 1.34 bits per heavy atom. The third-order valence-electron chi connectivity index (χ3n) is 6.02. The zero-order valence-corrected chi connectivity index (χ0v) is 17.7. The number of hydrogen-bond donors (Lipinski definition) is 1. The van der Waals surface area contributed by atoms with Crippen molar-refractivity contribution in [3.05, 3.63) is 40.4 Å². The van der Waals surface area contributed by atoms with E-state index in [0.29, 0.717) is 18.0 Å². The van der Waals surface area contributed by atoms with Crippen LogP contribution in [0.1, 0.15) is 35.8 Å². The molecule has 1 unspecified atom stereocenters. The number of nitriles is 1. The average molecular weight is 410 g/mol. The summed E-state index contributed by atoms with van der Waals surface area (Å²) < 4.78 is 0. The number of carbonyl (C=O) groups excluding carboxylic acids is 1. The van der Waals surface area contributed by atoms with Crippen molar-refractivity contribution in [1.29, 1.82) is 5.26 Å². The van der Waals surface area contributed by atoms with Gasteiger partial charge in [0.25, 0.3) is 0 Å². The third-order valence-corrected chi connectivity index (χ3v) is 7.19. The normalized spacial score (nSPS) is 19.4. The van der Waals surface area contributed by atoms with E-state index in [1.54, 1.807) is 11.3 Å². The minimum atomic E-state index is -0.0292. The number of hydrogen-bond acceptors (Lipinski definition) is 6. The van der Waals surface area contributed by atoms with Crippen molar-refractivity contribution < 1.29 is 4.79 Å². The highest BCUT2D eigenvalue weighted by Crippen LogP contribution is 2.39. The van der Waals surface area contributed by atoms with Crippen LogP contribution in [0.5, 0.6) is 0 Å². The summed E-state index contributed by atoms with van der Waals surface area (Å²) >= 11 is 1.60. The Labute approximate surface area is 176 Å². The fraction of sp³-hybridized carbons (Fsp3) is 0.500. The van der Waals surface area contributed by atoms with Crippen molar-refractivity contribution in [3.8, 4) is 6.07 Å². The lowest BCUT2D eigenvalue weighted by Crippen LogP contribution is -2.48. The molecule has 1 aliphatic heterocycles. The molecule has 1 saturated heterocycles. The van der Waals surface area contributed by atoms with E-state index < -0.39 is 0 Å². The van der Waals surface area contributed by atoms with Gasteiger partial charge in [0.15, 0.2) is 0 Å². The first-order chi connectivity index (χ1) is 14.2. The monoisotopic (exact) mass is 409 g/mol. The number of thiophene rings is 1. The number of piperazine rings is 1. The summed E-state index contributed by atoms with van der Waals surface area (Å²) in [5.74, 6) is 1.66. The lowest BCUT2D eigenvalue weighted by molar-refractivity contribution is -0.117. The summed E-state index contributed by atoms with van der Waals surface area (Å²) in [5, 5.41) is 13.4. The van der Waals surface area contributed by atoms with Crippen LogP contribution in [-0.4, -0.2) is 48.5 Å². The number of nitrogens with zero attached hydrogens (tertiary/aromatic N) is 4. The van der Waals surface area contributed by atoms with Gasteiger partial charge in [0.05, 0.1) is 12.1 Å². The fourth-order valence-electron chi connectivity index (χ4n) is 4.25. The largest absolute Gasteiger partial charge is 0.354 e. The number of fused-ring (bicyclic) bond motifs is 1. The smallest absolute Gasteiger partial charge is 0.239 e. The van der Waals surface area contributed by atoms with Crippen LogP contribution < -0.4 is 10.2 Å². The van der Waals surface area contributed by atoms with Gasteiger partial charge in [-0.2, -0.15) is 5.26 Å². The predicted molar refractivity (Wildman–Crippen MR) is 116 cm³/mol. The number of anilines is 2. The molecule has 4 rings (SSSR count). The average Bonchev–Trinajstić information content (AvgIpc) is 3.10. The standard InChI is InChI=1S/C22H27N5OS/c1-2-16-6-7-17-18(14-23)22(29-19(17)13-16)25-21(28)15-26-9-11-27(12-10-26)20-5-3-4-8-24-20/h3-5,8,16H,2,6-7,9-13,15H2,1H3,(H,25,28). The molecule has 3 heterocycles. The highest BCUT2D eigenvalue weighted by atomic mass is 32.1. The topological polar surface area (TPSA) is 72.3 Å². The van der Waals surface area contributed by atoms with Crippen LogP contribution >= 0.6 is 11.3 Å². The Balaban J connectivity index is 1.34. The SMILES string of the molecule is CCC1CCc2c(sc(NC(=O)CN3CCN(c4ccccn4)CC3)c2C#N)C1. The highest BCUT2D eigenvalue weighted by molar-refractivity contribution is 7.16. The van der Waals surface area contributed by atoms with Gasteiger partial charge in [-0.25, -0.2) is 4.98 Å². The molecule has 2 aliphatic rings. The van der Waals surface area contributed by atoms with Gasteiger partial charge in [-0.05, 0) is 42.9 Å². The second kappa shape index (κ2) is 8.93. The second-order valence-electron chi connectivity index (χ2n) is 7.84. The van der Waals surface area contributed by atoms with E-state index in [1.165, 1.54) is 16.9 Å². The van der Waals surface area contributed by atoms with Crippen LogP contribution in [0, 0.1) is 17.2 Å². The maximum Gasteiger partial charge on any atom is 0.239 e. The molecule has 152 valence electrons. The van der Waals surface area contributed by atoms with Crippen molar-refractivity contribution >= 4 is 28.1 Å². The number of amides is 1. The summed E-state index contributed by atoms with van der Waals surface area (Å²) in [4.78, 5) is 22.8. The number of pyridine rings is 1. The Bertz CT molecular complexity index is 896. The first kappa shape index (κ1) is 19.9. The first-order valence-corrected chi connectivity index (χ1v) is 11.2. The van der Waals surface area contributed by atoms with Crippen LogP contribution in [0.3, 0.4) is 0 Å². The molecule has 0 spiro atoms. The molecule has 2 aromatic heterocycles. The lowest BCUT2D eigenvalue weighted by atomic mass is 9.86. The molecule has 1 N–H and O–H groups in total. The summed E-state index contributed by atoms with van der Waals surface area (Å²) in [7, 11) is 0. The van der Waals surface area contributed by atoms with Gasteiger partial charge in [0, 0.05) is 37.3 Å². The summed E-state index contributed by atoms with van der Waals surface area (Å²) in [6.07, 6.45) is 6.12. The number of carbonyl (C=O) groups is 1. The van der Waals surface area contributed by atoms with Gasteiger partial charge in [0.1, 0.15) is 16.9 Å². The van der Waals surface area contributed by atoms with E-state index >= 15 is 0 Å². The molecule has 7 heteroatoms. The summed E-state index contributed by atoms with van der Waals surface area (Å²) in [6, 6.07) is 8.28. The molecule has 0 radical (unpaired) electrons. The van der Waals surface area contributed by atoms with Gasteiger partial charge in [-0.15, -0.1) is 11.3 Å². The van der Waals surface area contributed by atoms with Crippen LogP contribution in [0.2, 0.25) is 0 Å². The van der Waals surface area contributed by atoms with E-state index in [-0.39, 0.29) is 5.91 Å². The third kappa shape index (κ3) is 4.44. The van der Waals surface area contributed by atoms with Gasteiger partial charge in [0.2, 0.25) is 5.91 Å². The maximum absolute atomic E-state index is 12.7. The molecular formula is C22H27N5OS. The van der Waals surface area contributed by atoms with Gasteiger partial charge < -0.3 is 10.2 Å². The van der Waals surface area contributed by atoms with E-state index in [1.807, 2.05) is 24.4 Å². The molecule has 0 aromatic carbocycles. The molecule has 0 saturated carbocycles. The molecule has 0 bridgehead atoms. The Hall–Kier alpha value is -2.43. The molecule has 29 heavy (non-hydrogen) atoms. The fourth-order valence-corrected chi connectivity index (χ4v) is 5.58. The molecule has 2 aromatic rings. The maximum atomic E-state index is 12.7. The van der Waals surface area contributed by atoms with E-state index in [4.69, 9.17) is 0 Å². The Morgan fingerprint density at radius 2 is 2.17 bits per heavy atom. The van der Waals surface area contributed by atoms with Gasteiger partial charge in [-0.3, -0.25) is 9.69 Å². The van der Waals surface area contributed by atoms with Crippen molar-refractivity contribution in [1.82, 2.24) is 9.88 Å². The molecule has 1 aliphatic carbocycles. The van der Waals surface area contributed by atoms with E-state index in [2.05, 4.69) is 33.1 Å². The van der Waals surface area contributed by atoms with E-state index in [9.17, 15) is 10.1 Å². The van der Waals surface area contributed by atoms with Gasteiger partial charge >= 0.3 is 0 Å². The molecule has 1 amide bonds. The number of rotatable bonds is 5. The van der Waals surface area contributed by atoms with E-state index in [0.717, 1.165) is 56.3 Å². The zero-order chi connectivity index (χ0) is 20.2. The van der Waals surface area contributed by atoms with Crippen LogP contribution in [0.15, 0.2) is 24.4 Å². The molecular weight excluding hydrogens is 382 g/mol. The molecule has 6 nitrogen and oxygen atoms in total. The second-order valence-corrected chi connectivity index (χ2v) is 8.94. The van der Waals surface area contributed by atoms with Crippen molar-refractivity contribution in [2.24, 2.45) is 5.92 Å². The van der Waals surface area contributed by atoms with Crippen LogP contribution in [0.4, 0.5) is 10.8 Å².